The molecule has 0 aromatic rings. The van der Waals surface area contributed by atoms with Crippen molar-refractivity contribution in [2.24, 2.45) is 11.8 Å². The van der Waals surface area contributed by atoms with Crippen molar-refractivity contribution in [3.63, 3.8) is 0 Å². The van der Waals surface area contributed by atoms with Gasteiger partial charge in [-0.1, -0.05) is 19.1 Å². The Hall–Kier alpha value is 0.0300. The second-order valence-electron chi connectivity index (χ2n) is 3.85. The van der Waals surface area contributed by atoms with Crippen LogP contribution in [0.2, 0.25) is 0 Å². The van der Waals surface area contributed by atoms with Crippen LogP contribution in [0.3, 0.4) is 0 Å². The molecular formula is C10H17Cl. The topological polar surface area (TPSA) is 0 Å². The molecule has 0 heterocycles. The molecule has 0 amide bonds. The Kier molecular flexibility index (Phi) is 3.00. The van der Waals surface area contributed by atoms with Gasteiger partial charge in [0.25, 0.3) is 0 Å². The lowest BCUT2D eigenvalue weighted by Gasteiger charge is -2.30. The predicted octanol–water partition coefficient (Wildman–Crippen LogP) is 3.61. The molecule has 11 heavy (non-hydrogen) atoms. The Bertz CT molecular complexity index is 151. The molecule has 3 unspecified atom stereocenters. The van der Waals surface area contributed by atoms with Gasteiger partial charge in [-0.25, -0.2) is 0 Å². The Balaban J connectivity index is 2.46. The van der Waals surface area contributed by atoms with Gasteiger partial charge in [-0.15, -0.1) is 11.6 Å². The van der Waals surface area contributed by atoms with Crippen molar-refractivity contribution in [3.8, 4) is 0 Å². The minimum absolute atomic E-state index is 0.408. The quantitative estimate of drug-likeness (QED) is 0.419. The minimum Gasteiger partial charge on any atom is -0.123 e. The first-order chi connectivity index (χ1) is 5.11. The van der Waals surface area contributed by atoms with E-state index in [1.165, 1.54) is 24.8 Å². The molecule has 1 saturated carbocycles. The van der Waals surface area contributed by atoms with E-state index in [-0.39, 0.29) is 0 Å². The average Bonchev–Trinajstić information content (AvgIpc) is 1.94. The summed E-state index contributed by atoms with van der Waals surface area (Å²) in [7, 11) is 0. The lowest BCUT2D eigenvalue weighted by Crippen LogP contribution is -2.23. The second kappa shape index (κ2) is 3.62. The molecule has 1 rings (SSSR count). The third-order valence-electron chi connectivity index (χ3n) is 2.76. The van der Waals surface area contributed by atoms with Crippen LogP contribution in [0.25, 0.3) is 0 Å². The molecule has 0 aromatic heterocycles. The molecule has 0 bridgehead atoms. The number of rotatable bonds is 1. The van der Waals surface area contributed by atoms with Crippen molar-refractivity contribution in [1.82, 2.24) is 0 Å². The Morgan fingerprint density at radius 1 is 1.45 bits per heavy atom. The van der Waals surface area contributed by atoms with Crippen LogP contribution in [-0.2, 0) is 0 Å². The zero-order valence-corrected chi connectivity index (χ0v) is 8.19. The van der Waals surface area contributed by atoms with Gasteiger partial charge in [0.2, 0.25) is 0 Å². The second-order valence-corrected chi connectivity index (χ2v) is 4.41. The van der Waals surface area contributed by atoms with E-state index >= 15 is 0 Å². The van der Waals surface area contributed by atoms with Crippen LogP contribution < -0.4 is 0 Å². The fraction of sp³-hybridized carbons (Fsp3) is 0.800. The van der Waals surface area contributed by atoms with E-state index in [0.29, 0.717) is 11.3 Å². The van der Waals surface area contributed by atoms with Crippen molar-refractivity contribution in [3.05, 3.63) is 12.2 Å². The van der Waals surface area contributed by atoms with Crippen LogP contribution in [0.5, 0.6) is 0 Å². The zero-order valence-electron chi connectivity index (χ0n) is 7.44. The molecule has 3 atom stereocenters. The van der Waals surface area contributed by atoms with Crippen LogP contribution in [-0.4, -0.2) is 5.38 Å². The first-order valence-electron chi connectivity index (χ1n) is 4.40. The van der Waals surface area contributed by atoms with Crippen LogP contribution in [0.15, 0.2) is 12.2 Å². The van der Waals surface area contributed by atoms with Gasteiger partial charge in [-0.2, -0.15) is 0 Å². The average molecular weight is 173 g/mol. The molecule has 0 radical (unpaired) electrons. The maximum absolute atomic E-state index is 6.11. The summed E-state index contributed by atoms with van der Waals surface area (Å²) in [5, 5.41) is 0.408. The fourth-order valence-electron chi connectivity index (χ4n) is 1.81. The van der Waals surface area contributed by atoms with E-state index in [0.717, 1.165) is 5.92 Å². The predicted molar refractivity (Wildman–Crippen MR) is 51.0 cm³/mol. The van der Waals surface area contributed by atoms with Crippen LogP contribution in [0.1, 0.15) is 33.1 Å². The summed E-state index contributed by atoms with van der Waals surface area (Å²) in [5.41, 5.74) is 1.33. The van der Waals surface area contributed by atoms with Crippen molar-refractivity contribution in [1.29, 1.82) is 0 Å². The van der Waals surface area contributed by atoms with Crippen molar-refractivity contribution in [2.45, 2.75) is 38.5 Å². The summed E-state index contributed by atoms with van der Waals surface area (Å²) in [6.45, 7) is 8.37. The first kappa shape index (κ1) is 9.12. The molecule has 0 aromatic carbocycles. The van der Waals surface area contributed by atoms with Gasteiger partial charge in [0.05, 0.1) is 0 Å². The molecule has 0 N–H and O–H groups in total. The van der Waals surface area contributed by atoms with E-state index < -0.39 is 0 Å². The molecule has 1 aliphatic rings. The monoisotopic (exact) mass is 172 g/mol. The van der Waals surface area contributed by atoms with Gasteiger partial charge in [-0.3, -0.25) is 0 Å². The maximum atomic E-state index is 6.11. The highest BCUT2D eigenvalue weighted by Gasteiger charge is 2.25. The maximum Gasteiger partial charge on any atom is 0.0362 e. The highest BCUT2D eigenvalue weighted by atomic mass is 35.5. The normalized spacial score (nSPS) is 38.6. The summed E-state index contributed by atoms with van der Waals surface area (Å²) in [5.74, 6) is 1.41. The summed E-state index contributed by atoms with van der Waals surface area (Å²) in [6, 6.07) is 0. The molecule has 1 fully saturated rings. The molecule has 0 saturated heterocycles. The lowest BCUT2D eigenvalue weighted by molar-refractivity contribution is 0.321. The lowest BCUT2D eigenvalue weighted by atomic mass is 9.79. The highest BCUT2D eigenvalue weighted by molar-refractivity contribution is 6.20. The van der Waals surface area contributed by atoms with Crippen LogP contribution in [0, 0.1) is 11.8 Å². The number of halogens is 1. The summed E-state index contributed by atoms with van der Waals surface area (Å²) < 4.78 is 0. The number of hydrogen-bond donors (Lipinski definition) is 0. The molecular weight excluding hydrogens is 156 g/mol. The molecule has 0 aliphatic heterocycles. The van der Waals surface area contributed by atoms with Crippen molar-refractivity contribution < 1.29 is 0 Å². The standard InChI is InChI=1S/C10H17Cl/c1-7(2)9-4-5-10(11)8(3)6-9/h8-10H,1,4-6H2,2-3H3. The van der Waals surface area contributed by atoms with E-state index in [4.69, 9.17) is 11.6 Å². The third-order valence-corrected chi connectivity index (χ3v) is 3.41. The van der Waals surface area contributed by atoms with E-state index in [9.17, 15) is 0 Å². The number of hydrogen-bond acceptors (Lipinski definition) is 0. The van der Waals surface area contributed by atoms with E-state index in [1.54, 1.807) is 0 Å². The van der Waals surface area contributed by atoms with Crippen LogP contribution >= 0.6 is 11.6 Å². The number of allylic oxidation sites excluding steroid dienone is 1. The largest absolute Gasteiger partial charge is 0.123 e. The van der Waals surface area contributed by atoms with Gasteiger partial charge in [0.15, 0.2) is 0 Å². The van der Waals surface area contributed by atoms with Crippen LogP contribution in [0.4, 0.5) is 0 Å². The van der Waals surface area contributed by atoms with Gasteiger partial charge >= 0.3 is 0 Å². The SMILES string of the molecule is C=C(C)C1CCC(Cl)C(C)C1. The molecule has 0 nitrogen and oxygen atoms in total. The summed E-state index contributed by atoms with van der Waals surface area (Å²) >= 11 is 6.11. The van der Waals surface area contributed by atoms with Crippen molar-refractivity contribution in [2.75, 3.05) is 0 Å². The minimum atomic E-state index is 0.408. The fourth-order valence-corrected chi connectivity index (χ4v) is 2.04. The Morgan fingerprint density at radius 3 is 2.55 bits per heavy atom. The summed E-state index contributed by atoms with van der Waals surface area (Å²) in [6.07, 6.45) is 3.65. The van der Waals surface area contributed by atoms with E-state index in [2.05, 4.69) is 20.4 Å². The van der Waals surface area contributed by atoms with E-state index in [1.807, 2.05) is 0 Å². The smallest absolute Gasteiger partial charge is 0.0362 e. The Labute approximate surface area is 74.6 Å². The van der Waals surface area contributed by atoms with Gasteiger partial charge in [-0.05, 0) is 38.0 Å². The van der Waals surface area contributed by atoms with Gasteiger partial charge in [0, 0.05) is 5.38 Å². The Morgan fingerprint density at radius 2 is 2.09 bits per heavy atom. The zero-order chi connectivity index (χ0) is 8.43. The number of alkyl halides is 1. The molecule has 1 heteroatoms. The summed E-state index contributed by atoms with van der Waals surface area (Å²) in [4.78, 5) is 0. The highest BCUT2D eigenvalue weighted by Crippen LogP contribution is 2.35. The van der Waals surface area contributed by atoms with Gasteiger partial charge in [0.1, 0.15) is 0 Å². The first-order valence-corrected chi connectivity index (χ1v) is 4.84. The molecule has 1 aliphatic carbocycles. The molecule has 0 spiro atoms. The molecule has 64 valence electrons. The third kappa shape index (κ3) is 2.23. The van der Waals surface area contributed by atoms with Crippen molar-refractivity contribution >= 4 is 11.6 Å². The van der Waals surface area contributed by atoms with Gasteiger partial charge < -0.3 is 0 Å².